The number of alkyl halides is 6. The van der Waals surface area contributed by atoms with Crippen molar-refractivity contribution in [3.63, 3.8) is 0 Å². The van der Waals surface area contributed by atoms with E-state index < -0.39 is 25.4 Å². The number of allylic oxidation sites excluding steroid dienone is 2. The number of rotatable bonds is 0. The molecule has 0 saturated carbocycles. The topological polar surface area (TPSA) is 0 Å². The van der Waals surface area contributed by atoms with Crippen molar-refractivity contribution in [2.45, 2.75) is 15.4 Å². The average molecular weight is 294 g/mol. The summed E-state index contributed by atoms with van der Waals surface area (Å²) >= 11 is 25.4. The van der Waals surface area contributed by atoms with Crippen LogP contribution in [0.2, 0.25) is 0 Å². The molecule has 1 unspecified atom stereocenters. The van der Waals surface area contributed by atoms with Gasteiger partial charge in [-0.05, 0) is 0 Å². The van der Waals surface area contributed by atoms with Crippen LogP contribution >= 0.6 is 58.0 Å². The van der Waals surface area contributed by atoms with Gasteiger partial charge in [0.05, 0.1) is 10.1 Å². The van der Waals surface area contributed by atoms with Crippen LogP contribution in [0.25, 0.3) is 0 Å². The average Bonchev–Trinajstić information content (AvgIpc) is 2.05. The van der Waals surface area contributed by atoms with E-state index in [0.717, 1.165) is 0 Å². The molecule has 1 rings (SSSR count). The third kappa shape index (κ3) is 1.28. The molecule has 1 atom stereocenters. The summed E-state index contributed by atoms with van der Waals surface area (Å²) in [6.45, 7) is 0. The maximum absolute atomic E-state index is 13.1. The third-order valence-electron chi connectivity index (χ3n) is 1.53. The molecule has 0 aromatic carbocycles. The highest BCUT2D eigenvalue weighted by Crippen LogP contribution is 2.64. The first kappa shape index (κ1) is 12.1. The van der Waals surface area contributed by atoms with Crippen molar-refractivity contribution < 1.29 is 13.2 Å². The van der Waals surface area contributed by atoms with E-state index in [1.165, 1.54) is 0 Å². The first-order valence-corrected chi connectivity index (χ1v) is 4.65. The van der Waals surface area contributed by atoms with Crippen LogP contribution in [0, 0.1) is 0 Å². The molecule has 13 heavy (non-hydrogen) atoms. The molecule has 0 aliphatic heterocycles. The van der Waals surface area contributed by atoms with E-state index in [4.69, 9.17) is 58.0 Å². The third-order valence-corrected chi connectivity index (χ3v) is 4.12. The van der Waals surface area contributed by atoms with Crippen molar-refractivity contribution in [1.82, 2.24) is 0 Å². The first-order valence-electron chi connectivity index (χ1n) is 2.76. The van der Waals surface area contributed by atoms with Gasteiger partial charge < -0.3 is 0 Å². The van der Waals surface area contributed by atoms with Gasteiger partial charge in [-0.2, -0.15) is 8.78 Å². The largest absolute Gasteiger partial charge is 0.337 e. The van der Waals surface area contributed by atoms with E-state index in [0.29, 0.717) is 0 Å². The fourth-order valence-corrected chi connectivity index (χ4v) is 2.19. The van der Waals surface area contributed by atoms with E-state index in [-0.39, 0.29) is 0 Å². The van der Waals surface area contributed by atoms with Gasteiger partial charge in [0.1, 0.15) is 0 Å². The lowest BCUT2D eigenvalue weighted by Gasteiger charge is -2.27. The summed E-state index contributed by atoms with van der Waals surface area (Å²) in [5, 5.41) is -5.65. The Morgan fingerprint density at radius 1 is 0.846 bits per heavy atom. The molecule has 76 valence electrons. The first-order chi connectivity index (χ1) is 5.57. The molecule has 0 spiro atoms. The highest BCUT2D eigenvalue weighted by molar-refractivity contribution is 6.61. The van der Waals surface area contributed by atoms with Gasteiger partial charge in [0, 0.05) is 0 Å². The second-order valence-electron chi connectivity index (χ2n) is 2.35. The van der Waals surface area contributed by atoms with E-state index >= 15 is 0 Å². The Morgan fingerprint density at radius 3 is 1.31 bits per heavy atom. The maximum Gasteiger partial charge on any atom is 0.337 e. The van der Waals surface area contributed by atoms with Gasteiger partial charge in [0.2, 0.25) is 4.33 Å². The van der Waals surface area contributed by atoms with Crippen molar-refractivity contribution in [3.8, 4) is 0 Å². The quantitative estimate of drug-likeness (QED) is 0.581. The summed E-state index contributed by atoms with van der Waals surface area (Å²) in [6, 6.07) is 0. The molecule has 0 bridgehead atoms. The molecule has 8 heteroatoms. The van der Waals surface area contributed by atoms with E-state index in [1.54, 1.807) is 0 Å². The van der Waals surface area contributed by atoms with Crippen LogP contribution in [0.5, 0.6) is 0 Å². The highest BCUT2D eigenvalue weighted by atomic mass is 35.5. The van der Waals surface area contributed by atoms with Crippen LogP contribution in [0.4, 0.5) is 13.2 Å². The Hall–Kier alpha value is 0.980. The van der Waals surface area contributed by atoms with Crippen molar-refractivity contribution in [2.75, 3.05) is 0 Å². The molecule has 1 aliphatic carbocycles. The monoisotopic (exact) mass is 292 g/mol. The van der Waals surface area contributed by atoms with Crippen LogP contribution < -0.4 is 0 Å². The molecular weight excluding hydrogens is 294 g/mol. The van der Waals surface area contributed by atoms with Gasteiger partial charge in [0.15, 0.2) is 0 Å². The molecule has 0 saturated heterocycles. The molecule has 0 radical (unpaired) electrons. The van der Waals surface area contributed by atoms with E-state index in [9.17, 15) is 13.2 Å². The van der Waals surface area contributed by atoms with Gasteiger partial charge in [0.25, 0.3) is 5.13 Å². The molecule has 0 heterocycles. The van der Waals surface area contributed by atoms with Crippen molar-refractivity contribution in [1.29, 1.82) is 0 Å². The lowest BCUT2D eigenvalue weighted by atomic mass is 10.2. The fourth-order valence-electron chi connectivity index (χ4n) is 0.749. The van der Waals surface area contributed by atoms with Gasteiger partial charge >= 0.3 is 5.92 Å². The zero-order valence-electron chi connectivity index (χ0n) is 5.52. The standard InChI is InChI=1S/C5Cl5F3/c6-1-2(7)4(10,11)5(12,13)3(1,8)9. The number of hydrogen-bond donors (Lipinski definition) is 0. The number of hydrogen-bond acceptors (Lipinski definition) is 0. The fraction of sp³-hybridized carbons (Fsp3) is 0.600. The van der Waals surface area contributed by atoms with E-state index in [1.807, 2.05) is 0 Å². The molecular formula is C5Cl5F3. The number of halogens is 8. The smallest absolute Gasteiger partial charge is 0.213 e. The van der Waals surface area contributed by atoms with Gasteiger partial charge in [-0.15, -0.1) is 0 Å². The molecule has 0 amide bonds. The summed E-state index contributed by atoms with van der Waals surface area (Å²) < 4.78 is 36.2. The molecule has 0 nitrogen and oxygen atoms in total. The minimum absolute atomic E-state index is 0.903. The predicted octanol–water partition coefficient (Wildman–Crippen LogP) is 4.40. The van der Waals surface area contributed by atoms with Gasteiger partial charge in [-0.1, -0.05) is 58.0 Å². The van der Waals surface area contributed by atoms with Crippen LogP contribution in [0.1, 0.15) is 0 Å². The molecule has 1 aliphatic rings. The summed E-state index contributed by atoms with van der Waals surface area (Å²) in [5.41, 5.74) is 0. The van der Waals surface area contributed by atoms with E-state index in [2.05, 4.69) is 0 Å². The van der Waals surface area contributed by atoms with Crippen molar-refractivity contribution in [2.24, 2.45) is 0 Å². The predicted molar refractivity (Wildman–Crippen MR) is 47.8 cm³/mol. The van der Waals surface area contributed by atoms with Crippen LogP contribution in [-0.2, 0) is 0 Å². The second kappa shape index (κ2) is 2.99. The molecule has 0 fully saturated rings. The Balaban J connectivity index is 3.39. The van der Waals surface area contributed by atoms with Crippen LogP contribution in [0.3, 0.4) is 0 Å². The van der Waals surface area contributed by atoms with Gasteiger partial charge in [-0.3, -0.25) is 0 Å². The van der Waals surface area contributed by atoms with Crippen LogP contribution in [0.15, 0.2) is 10.1 Å². The lowest BCUT2D eigenvalue weighted by Crippen LogP contribution is -2.46. The summed E-state index contributed by atoms with van der Waals surface area (Å²) in [6.07, 6.45) is 0. The van der Waals surface area contributed by atoms with Crippen LogP contribution in [-0.4, -0.2) is 15.4 Å². The SMILES string of the molecule is FC1(Cl)C(Cl)=C(Cl)C(Cl)(Cl)C1(F)F. The molecule has 0 aromatic heterocycles. The normalized spacial score (nSPS) is 36.9. The lowest BCUT2D eigenvalue weighted by molar-refractivity contribution is -0.0685. The zero-order chi connectivity index (χ0) is 10.7. The Kier molecular flexibility index (Phi) is 2.77. The summed E-state index contributed by atoms with van der Waals surface area (Å²) in [4.78, 5) is 0. The summed E-state index contributed by atoms with van der Waals surface area (Å²) in [7, 11) is 0. The molecule has 0 N–H and O–H groups in total. The maximum atomic E-state index is 13.1. The Bertz CT molecular complexity index is 256. The Morgan fingerprint density at radius 2 is 1.23 bits per heavy atom. The Labute approximate surface area is 96.5 Å². The second-order valence-corrected chi connectivity index (χ2v) is 4.96. The minimum Gasteiger partial charge on any atom is -0.213 e. The van der Waals surface area contributed by atoms with Crippen molar-refractivity contribution >= 4 is 58.0 Å². The van der Waals surface area contributed by atoms with Gasteiger partial charge in [-0.25, -0.2) is 4.39 Å². The van der Waals surface area contributed by atoms with Crippen molar-refractivity contribution in [3.05, 3.63) is 10.1 Å². The highest BCUT2D eigenvalue weighted by Gasteiger charge is 2.75. The molecule has 0 aromatic rings. The minimum atomic E-state index is -4.28. The summed E-state index contributed by atoms with van der Waals surface area (Å²) in [5.74, 6) is -4.28. The zero-order valence-corrected chi connectivity index (χ0v) is 9.30.